The van der Waals surface area contributed by atoms with E-state index in [9.17, 15) is 0 Å². The Morgan fingerprint density at radius 2 is 2.25 bits per heavy atom. The molecule has 0 spiro atoms. The minimum atomic E-state index is 0.321. The van der Waals surface area contributed by atoms with E-state index < -0.39 is 0 Å². The van der Waals surface area contributed by atoms with Crippen LogP contribution in [0.15, 0.2) is 11.6 Å². The quantitative estimate of drug-likeness (QED) is 0.923. The minimum absolute atomic E-state index is 0.321. The Morgan fingerprint density at radius 3 is 2.80 bits per heavy atom. The predicted octanol–water partition coefficient (Wildman–Crippen LogP) is 3.35. The van der Waals surface area contributed by atoms with Gasteiger partial charge in [0.25, 0.3) is 0 Å². The van der Waals surface area contributed by atoms with E-state index in [1.807, 2.05) is 6.20 Å². The van der Waals surface area contributed by atoms with Gasteiger partial charge in [-0.2, -0.15) is 0 Å². The van der Waals surface area contributed by atoms with E-state index in [2.05, 4.69) is 55.2 Å². The molecule has 3 atom stereocenters. The lowest BCUT2D eigenvalue weighted by Crippen LogP contribution is -2.60. The zero-order valence-electron chi connectivity index (χ0n) is 13.5. The predicted molar refractivity (Wildman–Crippen MR) is 87.4 cm³/mol. The average molecular weight is 295 g/mol. The molecule has 0 amide bonds. The number of nitrogens with zero attached hydrogens (tertiary/aromatic N) is 2. The number of hydrogen-bond donors (Lipinski definition) is 1. The van der Waals surface area contributed by atoms with E-state index in [1.54, 1.807) is 11.3 Å². The fourth-order valence-electron chi connectivity index (χ4n) is 2.97. The molecule has 2 rings (SSSR count). The molecule has 1 fully saturated rings. The summed E-state index contributed by atoms with van der Waals surface area (Å²) in [5, 5.41) is 7.09. The number of hydrogen-bond acceptors (Lipinski definition) is 4. The fraction of sp³-hybridized carbons (Fsp3) is 0.812. The van der Waals surface area contributed by atoms with Crippen LogP contribution in [0.1, 0.15) is 52.0 Å². The molecule has 2 heterocycles. The maximum Gasteiger partial charge on any atom is 0.0965 e. The monoisotopic (exact) mass is 295 g/mol. The summed E-state index contributed by atoms with van der Waals surface area (Å²) in [4.78, 5) is 7.16. The van der Waals surface area contributed by atoms with Crippen LogP contribution in [0.25, 0.3) is 0 Å². The van der Waals surface area contributed by atoms with Gasteiger partial charge in [0.15, 0.2) is 0 Å². The summed E-state index contributed by atoms with van der Waals surface area (Å²) in [6, 6.07) is 1.24. The Hall–Kier alpha value is -0.450. The number of rotatable bonds is 4. The van der Waals surface area contributed by atoms with Gasteiger partial charge in [-0.3, -0.25) is 4.90 Å². The molecule has 0 aliphatic carbocycles. The summed E-state index contributed by atoms with van der Waals surface area (Å²) >= 11 is 1.78. The Bertz CT molecular complexity index is 396. The number of nitrogens with one attached hydrogen (secondary N) is 1. The second kappa shape index (κ2) is 6.54. The molecule has 1 aromatic heterocycles. The van der Waals surface area contributed by atoms with Crippen molar-refractivity contribution in [3.8, 4) is 0 Å². The van der Waals surface area contributed by atoms with Crippen molar-refractivity contribution in [3.63, 3.8) is 0 Å². The van der Waals surface area contributed by atoms with Crippen LogP contribution in [0, 0.1) is 5.41 Å². The van der Waals surface area contributed by atoms with E-state index in [1.165, 1.54) is 11.4 Å². The van der Waals surface area contributed by atoms with E-state index in [4.69, 9.17) is 0 Å². The van der Waals surface area contributed by atoms with Crippen molar-refractivity contribution in [2.24, 2.45) is 5.41 Å². The number of piperazine rings is 1. The van der Waals surface area contributed by atoms with Crippen LogP contribution in [0.3, 0.4) is 0 Å². The van der Waals surface area contributed by atoms with Crippen molar-refractivity contribution in [1.82, 2.24) is 15.2 Å². The lowest BCUT2D eigenvalue weighted by Gasteiger charge is -2.45. The molecular formula is C16H29N3S. The number of aromatic nitrogens is 1. The van der Waals surface area contributed by atoms with Crippen LogP contribution in [0.5, 0.6) is 0 Å². The largest absolute Gasteiger partial charge is 0.311 e. The molecule has 0 radical (unpaired) electrons. The van der Waals surface area contributed by atoms with Gasteiger partial charge >= 0.3 is 0 Å². The molecule has 114 valence electrons. The zero-order chi connectivity index (χ0) is 14.8. The highest BCUT2D eigenvalue weighted by atomic mass is 32.1. The van der Waals surface area contributed by atoms with Crippen LogP contribution >= 0.6 is 11.3 Å². The van der Waals surface area contributed by atoms with E-state index in [0.29, 0.717) is 23.4 Å². The second-order valence-corrected chi connectivity index (χ2v) is 8.04. The first-order valence-electron chi connectivity index (χ1n) is 7.78. The third-order valence-electron chi connectivity index (χ3n) is 4.43. The van der Waals surface area contributed by atoms with E-state index >= 15 is 0 Å². The van der Waals surface area contributed by atoms with Gasteiger partial charge in [0.05, 0.1) is 5.01 Å². The summed E-state index contributed by atoms with van der Waals surface area (Å²) in [7, 11) is 0. The highest BCUT2D eigenvalue weighted by molar-refractivity contribution is 7.09. The minimum Gasteiger partial charge on any atom is -0.311 e. The van der Waals surface area contributed by atoms with Gasteiger partial charge in [0.1, 0.15) is 0 Å². The van der Waals surface area contributed by atoms with Crippen molar-refractivity contribution in [2.75, 3.05) is 19.6 Å². The molecule has 1 aliphatic rings. The molecule has 1 aliphatic heterocycles. The summed E-state index contributed by atoms with van der Waals surface area (Å²) in [6.45, 7) is 15.0. The molecule has 1 saturated heterocycles. The summed E-state index contributed by atoms with van der Waals surface area (Å²) in [5.41, 5.74) is 0.321. The molecule has 20 heavy (non-hydrogen) atoms. The lowest BCUT2D eigenvalue weighted by molar-refractivity contribution is 0.0794. The van der Waals surface area contributed by atoms with Crippen molar-refractivity contribution in [1.29, 1.82) is 0 Å². The molecule has 0 saturated carbocycles. The third-order valence-corrected chi connectivity index (χ3v) is 5.44. The van der Waals surface area contributed by atoms with Crippen molar-refractivity contribution in [3.05, 3.63) is 16.6 Å². The van der Waals surface area contributed by atoms with Crippen LogP contribution in [0.4, 0.5) is 0 Å². The first kappa shape index (κ1) is 15.9. The highest BCUT2D eigenvalue weighted by Crippen LogP contribution is 2.27. The molecule has 1 aromatic rings. The van der Waals surface area contributed by atoms with Crippen molar-refractivity contribution in [2.45, 2.75) is 59.0 Å². The van der Waals surface area contributed by atoms with E-state index in [0.717, 1.165) is 19.6 Å². The Morgan fingerprint density at radius 1 is 1.50 bits per heavy atom. The van der Waals surface area contributed by atoms with Gasteiger partial charge in [-0.25, -0.2) is 4.98 Å². The van der Waals surface area contributed by atoms with Crippen LogP contribution in [-0.4, -0.2) is 41.6 Å². The first-order chi connectivity index (χ1) is 9.41. The SMILES string of the molecule is CCC1CNC(C(C)(C)C)CN1CC(C)c1nccs1. The molecule has 1 N–H and O–H groups in total. The van der Waals surface area contributed by atoms with Crippen LogP contribution in [-0.2, 0) is 0 Å². The van der Waals surface area contributed by atoms with Crippen LogP contribution < -0.4 is 5.32 Å². The Labute approximate surface area is 127 Å². The fourth-order valence-corrected chi connectivity index (χ4v) is 3.66. The average Bonchev–Trinajstić information content (AvgIpc) is 2.91. The molecule has 0 aromatic carbocycles. The Kier molecular flexibility index (Phi) is 5.21. The summed E-state index contributed by atoms with van der Waals surface area (Å²) in [5.74, 6) is 0.530. The van der Waals surface area contributed by atoms with Gasteiger partial charge in [0.2, 0.25) is 0 Å². The smallest absolute Gasteiger partial charge is 0.0965 e. The molecule has 4 heteroatoms. The summed E-state index contributed by atoms with van der Waals surface area (Å²) in [6.07, 6.45) is 3.14. The molecule has 3 nitrogen and oxygen atoms in total. The highest BCUT2D eigenvalue weighted by Gasteiger charge is 2.34. The summed E-state index contributed by atoms with van der Waals surface area (Å²) < 4.78 is 0. The maximum atomic E-state index is 4.48. The molecular weight excluding hydrogens is 266 g/mol. The number of thiazole rings is 1. The van der Waals surface area contributed by atoms with E-state index in [-0.39, 0.29) is 0 Å². The first-order valence-corrected chi connectivity index (χ1v) is 8.66. The van der Waals surface area contributed by atoms with Crippen LogP contribution in [0.2, 0.25) is 0 Å². The third kappa shape index (κ3) is 3.80. The Balaban J connectivity index is 2.02. The van der Waals surface area contributed by atoms with Crippen molar-refractivity contribution >= 4 is 11.3 Å². The standard InChI is InChI=1S/C16H29N3S/c1-6-13-9-18-14(16(3,4)5)11-19(13)10-12(2)15-17-7-8-20-15/h7-8,12-14,18H,6,9-11H2,1-5H3. The maximum absolute atomic E-state index is 4.48. The topological polar surface area (TPSA) is 28.2 Å². The second-order valence-electron chi connectivity index (χ2n) is 7.11. The normalized spacial score (nSPS) is 26.6. The van der Waals surface area contributed by atoms with Gasteiger partial charge in [-0.15, -0.1) is 11.3 Å². The zero-order valence-corrected chi connectivity index (χ0v) is 14.3. The van der Waals surface area contributed by atoms with Crippen molar-refractivity contribution < 1.29 is 0 Å². The van der Waals surface area contributed by atoms with Gasteiger partial charge in [-0.05, 0) is 11.8 Å². The molecule has 0 bridgehead atoms. The van der Waals surface area contributed by atoms with Gasteiger partial charge in [-0.1, -0.05) is 34.6 Å². The van der Waals surface area contributed by atoms with Gasteiger partial charge < -0.3 is 5.32 Å². The van der Waals surface area contributed by atoms with Gasteiger partial charge in [0, 0.05) is 49.2 Å². The molecule has 3 unspecified atom stereocenters. The lowest BCUT2D eigenvalue weighted by atomic mass is 9.84.